The fourth-order valence-corrected chi connectivity index (χ4v) is 4.52. The molecular weight excluding hydrogens is 520 g/mol. The molecule has 0 aliphatic rings. The Hall–Kier alpha value is -2.16. The van der Waals surface area contributed by atoms with E-state index in [0.29, 0.717) is 39.0 Å². The van der Waals surface area contributed by atoms with Crippen LogP contribution in [0.5, 0.6) is 0 Å². The molecule has 0 heterocycles. The summed E-state index contributed by atoms with van der Waals surface area (Å²) in [6.45, 7) is 6.71. The Kier molecular flexibility index (Phi) is 27.8. The lowest BCUT2D eigenvalue weighted by Gasteiger charge is -2.12. The lowest BCUT2D eigenvalue weighted by molar-refractivity contribution is -0.134. The minimum atomic E-state index is -1.34. The molecule has 0 rings (SSSR count). The highest BCUT2D eigenvalue weighted by Gasteiger charge is 2.18. The van der Waals surface area contributed by atoms with Crippen LogP contribution in [0.1, 0.15) is 149 Å². The summed E-state index contributed by atoms with van der Waals surface area (Å²) < 4.78 is 0. The number of rotatable bonds is 29. The van der Waals surface area contributed by atoms with Crippen molar-refractivity contribution in [3.63, 3.8) is 0 Å². The van der Waals surface area contributed by atoms with Gasteiger partial charge in [-0.15, -0.1) is 0 Å². The molecule has 4 amide bonds. The van der Waals surface area contributed by atoms with Crippen LogP contribution in [-0.2, 0) is 19.2 Å². The van der Waals surface area contributed by atoms with Crippen molar-refractivity contribution < 1.29 is 24.3 Å². The average molecular weight is 583 g/mol. The number of unbranched alkanes of at least 4 members (excludes halogenated alkanes) is 14. The van der Waals surface area contributed by atoms with Gasteiger partial charge >= 0.3 is 0 Å². The third-order valence-corrected chi connectivity index (χ3v) is 7.17. The lowest BCUT2D eigenvalue weighted by Crippen LogP contribution is -2.39. The summed E-state index contributed by atoms with van der Waals surface area (Å²) in [5.74, 6) is -0.583. The highest BCUT2D eigenvalue weighted by molar-refractivity contribution is 5.87. The number of aliphatic hydroxyl groups is 1. The highest BCUT2D eigenvalue weighted by Crippen LogP contribution is 2.06. The molecule has 0 aromatic rings. The molecule has 0 bridgehead atoms. The second-order valence-electron chi connectivity index (χ2n) is 11.2. The summed E-state index contributed by atoms with van der Waals surface area (Å²) >= 11 is 0. The van der Waals surface area contributed by atoms with Crippen molar-refractivity contribution in [1.82, 2.24) is 21.3 Å². The zero-order chi connectivity index (χ0) is 30.4. The minimum absolute atomic E-state index is 0.132. The molecule has 0 aromatic carbocycles. The SMILES string of the molecule is CCCCCCCC(=O)NCCCCCCNC(=O)CC(O)C(=O)NCCCCCCNC(=O)CCCCCCC. The van der Waals surface area contributed by atoms with Gasteiger partial charge < -0.3 is 26.4 Å². The van der Waals surface area contributed by atoms with Gasteiger partial charge in [-0.05, 0) is 38.5 Å². The average Bonchev–Trinajstić information content (AvgIpc) is 2.95. The molecule has 1 atom stereocenters. The van der Waals surface area contributed by atoms with Crippen molar-refractivity contribution in [3.8, 4) is 0 Å². The van der Waals surface area contributed by atoms with E-state index in [1.807, 2.05) is 0 Å². The zero-order valence-electron chi connectivity index (χ0n) is 26.3. The third-order valence-electron chi connectivity index (χ3n) is 7.17. The van der Waals surface area contributed by atoms with Crippen LogP contribution in [-0.4, -0.2) is 61.0 Å². The van der Waals surface area contributed by atoms with E-state index in [-0.39, 0.29) is 24.1 Å². The van der Waals surface area contributed by atoms with Gasteiger partial charge in [-0.1, -0.05) is 90.9 Å². The van der Waals surface area contributed by atoms with Crippen molar-refractivity contribution in [2.24, 2.45) is 0 Å². The molecule has 240 valence electrons. The van der Waals surface area contributed by atoms with Crippen LogP contribution < -0.4 is 21.3 Å². The first-order valence-corrected chi connectivity index (χ1v) is 16.7. The number of hydrogen-bond donors (Lipinski definition) is 5. The topological polar surface area (TPSA) is 137 Å². The van der Waals surface area contributed by atoms with E-state index in [1.54, 1.807) is 0 Å². The number of carbonyl (C=O) groups excluding carboxylic acids is 4. The molecule has 0 spiro atoms. The summed E-state index contributed by atoms with van der Waals surface area (Å²) in [4.78, 5) is 47.6. The summed E-state index contributed by atoms with van der Waals surface area (Å²) in [7, 11) is 0. The van der Waals surface area contributed by atoms with Crippen LogP contribution in [0.2, 0.25) is 0 Å². The second-order valence-corrected chi connectivity index (χ2v) is 11.2. The Labute approximate surface area is 250 Å². The van der Waals surface area contributed by atoms with Gasteiger partial charge in [0.15, 0.2) is 0 Å². The van der Waals surface area contributed by atoms with Gasteiger partial charge in [0.2, 0.25) is 23.6 Å². The first-order chi connectivity index (χ1) is 19.9. The van der Waals surface area contributed by atoms with E-state index >= 15 is 0 Å². The van der Waals surface area contributed by atoms with Gasteiger partial charge in [-0.2, -0.15) is 0 Å². The number of amides is 4. The van der Waals surface area contributed by atoms with Gasteiger partial charge in [0, 0.05) is 39.0 Å². The van der Waals surface area contributed by atoms with Crippen molar-refractivity contribution in [3.05, 3.63) is 0 Å². The fraction of sp³-hybridized carbons (Fsp3) is 0.875. The fourth-order valence-electron chi connectivity index (χ4n) is 4.52. The monoisotopic (exact) mass is 582 g/mol. The molecule has 0 fully saturated rings. The van der Waals surface area contributed by atoms with E-state index in [2.05, 4.69) is 35.1 Å². The first-order valence-electron chi connectivity index (χ1n) is 16.7. The van der Waals surface area contributed by atoms with Crippen molar-refractivity contribution in [1.29, 1.82) is 0 Å². The number of carbonyl (C=O) groups is 4. The Morgan fingerprint density at radius 1 is 0.463 bits per heavy atom. The van der Waals surface area contributed by atoms with Crippen LogP contribution in [0.25, 0.3) is 0 Å². The predicted molar refractivity (Wildman–Crippen MR) is 166 cm³/mol. The Balaban J connectivity index is 3.56. The van der Waals surface area contributed by atoms with Crippen LogP contribution in [0, 0.1) is 0 Å². The summed E-state index contributed by atoms with van der Waals surface area (Å²) in [5, 5.41) is 21.4. The number of hydrogen-bond acceptors (Lipinski definition) is 5. The maximum Gasteiger partial charge on any atom is 0.249 e. The van der Waals surface area contributed by atoms with E-state index < -0.39 is 12.0 Å². The molecule has 0 saturated carbocycles. The van der Waals surface area contributed by atoms with Crippen LogP contribution in [0.3, 0.4) is 0 Å². The van der Waals surface area contributed by atoms with Gasteiger partial charge in [0.25, 0.3) is 0 Å². The molecule has 9 heteroatoms. The van der Waals surface area contributed by atoms with Crippen LogP contribution >= 0.6 is 0 Å². The number of aliphatic hydroxyl groups excluding tert-OH is 1. The van der Waals surface area contributed by atoms with Crippen molar-refractivity contribution in [2.45, 2.75) is 155 Å². The van der Waals surface area contributed by atoms with Gasteiger partial charge in [0.05, 0.1) is 6.42 Å². The summed E-state index contributed by atoms with van der Waals surface area (Å²) in [6.07, 6.45) is 18.4. The molecule has 1 unspecified atom stereocenters. The molecular formula is C32H62N4O5. The quantitative estimate of drug-likeness (QED) is 0.0787. The predicted octanol–water partition coefficient (Wildman–Crippen LogP) is 5.04. The molecule has 0 saturated heterocycles. The largest absolute Gasteiger partial charge is 0.383 e. The van der Waals surface area contributed by atoms with Crippen molar-refractivity contribution >= 4 is 23.6 Å². The van der Waals surface area contributed by atoms with Crippen LogP contribution in [0.15, 0.2) is 0 Å². The van der Waals surface area contributed by atoms with E-state index in [0.717, 1.165) is 77.0 Å². The third kappa shape index (κ3) is 27.8. The summed E-state index contributed by atoms with van der Waals surface area (Å²) in [6, 6.07) is 0. The van der Waals surface area contributed by atoms with E-state index in [9.17, 15) is 24.3 Å². The maximum absolute atomic E-state index is 12.0. The normalized spacial score (nSPS) is 11.6. The maximum atomic E-state index is 12.0. The molecule has 0 radical (unpaired) electrons. The Morgan fingerprint density at radius 3 is 1.22 bits per heavy atom. The molecule has 41 heavy (non-hydrogen) atoms. The van der Waals surface area contributed by atoms with Crippen molar-refractivity contribution in [2.75, 3.05) is 26.2 Å². The number of nitrogens with one attached hydrogen (secondary N) is 4. The molecule has 0 aliphatic heterocycles. The minimum Gasteiger partial charge on any atom is -0.383 e. The standard InChI is InChI=1S/C32H62N4O5/c1-3-5-7-9-15-21-29(38)33-23-17-11-12-19-25-35-31(40)27-28(37)32(41)36-26-20-14-13-18-24-34-30(39)22-16-10-8-6-4-2/h28,37H,3-27H2,1-2H3,(H,33,38)(H,34,39)(H,35,40)(H,36,41). The molecule has 0 aromatic heterocycles. The highest BCUT2D eigenvalue weighted by atomic mass is 16.3. The van der Waals surface area contributed by atoms with Gasteiger partial charge in [-0.3, -0.25) is 19.2 Å². The molecule has 9 nitrogen and oxygen atoms in total. The zero-order valence-corrected chi connectivity index (χ0v) is 26.3. The Morgan fingerprint density at radius 2 is 0.805 bits per heavy atom. The first kappa shape index (κ1) is 38.8. The van der Waals surface area contributed by atoms with E-state index in [1.165, 1.54) is 38.5 Å². The summed E-state index contributed by atoms with van der Waals surface area (Å²) in [5.41, 5.74) is 0. The van der Waals surface area contributed by atoms with E-state index in [4.69, 9.17) is 0 Å². The second kappa shape index (κ2) is 29.3. The molecule has 0 aliphatic carbocycles. The van der Waals surface area contributed by atoms with Gasteiger partial charge in [0.1, 0.15) is 6.10 Å². The lowest BCUT2D eigenvalue weighted by atomic mass is 10.1. The smallest absolute Gasteiger partial charge is 0.249 e. The van der Waals surface area contributed by atoms with Crippen LogP contribution in [0.4, 0.5) is 0 Å². The molecule has 5 N–H and O–H groups in total. The Bertz CT molecular complexity index is 674. The van der Waals surface area contributed by atoms with Gasteiger partial charge in [-0.25, -0.2) is 0 Å².